The molecule has 3 rings (SSSR count). The number of benzene rings is 1. The first-order valence-corrected chi connectivity index (χ1v) is 7.79. The molecule has 0 bridgehead atoms. The molecule has 2 heterocycles. The van der Waals surface area contributed by atoms with E-state index in [2.05, 4.69) is 20.9 Å². The summed E-state index contributed by atoms with van der Waals surface area (Å²) in [7, 11) is 0. The van der Waals surface area contributed by atoms with Crippen LogP contribution in [0.25, 0.3) is 0 Å². The fourth-order valence-corrected chi connectivity index (χ4v) is 2.65. The number of carbonyl (C=O) groups excluding carboxylic acids is 1. The molecule has 6 nitrogen and oxygen atoms in total. The number of hydrogen-bond donors (Lipinski definition) is 2. The first-order valence-electron chi connectivity index (χ1n) is 7.79. The van der Waals surface area contributed by atoms with Gasteiger partial charge in [0.15, 0.2) is 5.69 Å². The van der Waals surface area contributed by atoms with Crippen molar-refractivity contribution >= 4 is 5.91 Å². The number of aryl methyl sites for hydroxylation is 1. The van der Waals surface area contributed by atoms with Gasteiger partial charge in [-0.1, -0.05) is 17.3 Å². The zero-order valence-corrected chi connectivity index (χ0v) is 13.1. The van der Waals surface area contributed by atoms with Crippen LogP contribution < -0.4 is 10.6 Å². The molecule has 0 unspecified atom stereocenters. The standard InChI is InChI=1S/C16H20FN5O/c1-11-2-3-12(8-14(11)17)9-19-16(23)15-10-22(21-20-15)13-4-6-18-7-5-13/h2-3,8,10,13,18H,4-7,9H2,1H3,(H,19,23). The summed E-state index contributed by atoms with van der Waals surface area (Å²) in [5.41, 5.74) is 1.59. The number of nitrogens with zero attached hydrogens (tertiary/aromatic N) is 3. The minimum atomic E-state index is -0.300. The smallest absolute Gasteiger partial charge is 0.273 e. The van der Waals surface area contributed by atoms with Crippen molar-refractivity contribution in [3.8, 4) is 0 Å². The summed E-state index contributed by atoms with van der Waals surface area (Å²) in [6.07, 6.45) is 3.64. The summed E-state index contributed by atoms with van der Waals surface area (Å²) in [5.74, 6) is -0.570. The van der Waals surface area contributed by atoms with Crippen molar-refractivity contribution in [1.29, 1.82) is 0 Å². The Morgan fingerprint density at radius 1 is 1.43 bits per heavy atom. The van der Waals surface area contributed by atoms with E-state index in [9.17, 15) is 9.18 Å². The topological polar surface area (TPSA) is 71.8 Å². The zero-order valence-electron chi connectivity index (χ0n) is 13.1. The van der Waals surface area contributed by atoms with E-state index in [1.807, 2.05) is 0 Å². The maximum atomic E-state index is 13.5. The van der Waals surface area contributed by atoms with Crippen molar-refractivity contribution in [3.63, 3.8) is 0 Å². The Kier molecular flexibility index (Phi) is 4.66. The highest BCUT2D eigenvalue weighted by molar-refractivity contribution is 5.91. The second-order valence-electron chi connectivity index (χ2n) is 5.83. The third-order valence-electron chi connectivity index (χ3n) is 4.12. The van der Waals surface area contributed by atoms with Crippen molar-refractivity contribution in [1.82, 2.24) is 25.6 Å². The molecular formula is C16H20FN5O. The molecule has 1 aliphatic heterocycles. The van der Waals surface area contributed by atoms with Gasteiger partial charge < -0.3 is 10.6 Å². The van der Waals surface area contributed by atoms with Crippen LogP contribution in [-0.4, -0.2) is 34.0 Å². The number of nitrogens with one attached hydrogen (secondary N) is 2. The average molecular weight is 317 g/mol. The molecule has 122 valence electrons. The minimum absolute atomic E-state index is 0.260. The Bertz CT molecular complexity index is 694. The van der Waals surface area contributed by atoms with Crippen molar-refractivity contribution < 1.29 is 9.18 Å². The van der Waals surface area contributed by atoms with Crippen LogP contribution in [0.3, 0.4) is 0 Å². The Morgan fingerprint density at radius 2 is 2.22 bits per heavy atom. The number of amides is 1. The molecule has 1 amide bonds. The predicted molar refractivity (Wildman–Crippen MR) is 83.5 cm³/mol. The number of aromatic nitrogens is 3. The maximum absolute atomic E-state index is 13.5. The minimum Gasteiger partial charge on any atom is -0.347 e. The van der Waals surface area contributed by atoms with Crippen LogP contribution >= 0.6 is 0 Å². The highest BCUT2D eigenvalue weighted by Gasteiger charge is 2.18. The molecule has 1 saturated heterocycles. The second-order valence-corrected chi connectivity index (χ2v) is 5.83. The molecule has 1 aliphatic rings. The lowest BCUT2D eigenvalue weighted by atomic mass is 10.1. The molecule has 23 heavy (non-hydrogen) atoms. The van der Waals surface area contributed by atoms with Gasteiger partial charge in [-0.3, -0.25) is 4.79 Å². The zero-order chi connectivity index (χ0) is 16.2. The molecular weight excluding hydrogens is 297 g/mol. The number of halogens is 1. The van der Waals surface area contributed by atoms with Crippen LogP contribution in [0.15, 0.2) is 24.4 Å². The van der Waals surface area contributed by atoms with E-state index in [1.54, 1.807) is 29.9 Å². The predicted octanol–water partition coefficient (Wildman–Crippen LogP) is 1.58. The summed E-state index contributed by atoms with van der Waals surface area (Å²) in [6, 6.07) is 5.22. The lowest BCUT2D eigenvalue weighted by molar-refractivity contribution is 0.0945. The van der Waals surface area contributed by atoms with E-state index in [0.717, 1.165) is 25.9 Å². The molecule has 2 N–H and O–H groups in total. The lowest BCUT2D eigenvalue weighted by Gasteiger charge is -2.22. The molecule has 1 aromatic heterocycles. The van der Waals surface area contributed by atoms with E-state index in [4.69, 9.17) is 0 Å². The fourth-order valence-electron chi connectivity index (χ4n) is 2.65. The molecule has 1 fully saturated rings. The summed E-state index contributed by atoms with van der Waals surface area (Å²) >= 11 is 0. The first kappa shape index (κ1) is 15.6. The van der Waals surface area contributed by atoms with Gasteiger partial charge in [-0.05, 0) is 50.0 Å². The Morgan fingerprint density at radius 3 is 2.96 bits per heavy atom. The van der Waals surface area contributed by atoms with Crippen LogP contribution in [-0.2, 0) is 6.54 Å². The number of piperidine rings is 1. The van der Waals surface area contributed by atoms with Crippen molar-refractivity contribution in [3.05, 3.63) is 47.0 Å². The van der Waals surface area contributed by atoms with Gasteiger partial charge in [0, 0.05) is 6.54 Å². The fraction of sp³-hybridized carbons (Fsp3) is 0.438. The second kappa shape index (κ2) is 6.87. The summed E-state index contributed by atoms with van der Waals surface area (Å²) in [4.78, 5) is 12.1. The lowest BCUT2D eigenvalue weighted by Crippen LogP contribution is -2.29. The molecule has 0 radical (unpaired) electrons. The van der Waals surface area contributed by atoms with Gasteiger partial charge in [0.1, 0.15) is 5.82 Å². The van der Waals surface area contributed by atoms with Crippen molar-refractivity contribution in [2.75, 3.05) is 13.1 Å². The Hall–Kier alpha value is -2.28. The molecule has 1 aromatic carbocycles. The van der Waals surface area contributed by atoms with E-state index < -0.39 is 0 Å². The molecule has 0 aliphatic carbocycles. The van der Waals surface area contributed by atoms with Crippen LogP contribution in [0.1, 0.15) is 40.5 Å². The van der Waals surface area contributed by atoms with Crippen molar-refractivity contribution in [2.45, 2.75) is 32.4 Å². The van der Waals surface area contributed by atoms with Gasteiger partial charge in [-0.15, -0.1) is 5.10 Å². The van der Waals surface area contributed by atoms with E-state index in [1.165, 1.54) is 6.07 Å². The average Bonchev–Trinajstić information content (AvgIpc) is 3.06. The maximum Gasteiger partial charge on any atom is 0.273 e. The number of hydrogen-bond acceptors (Lipinski definition) is 4. The molecule has 0 spiro atoms. The van der Waals surface area contributed by atoms with E-state index >= 15 is 0 Å². The van der Waals surface area contributed by atoms with Gasteiger partial charge in [0.05, 0.1) is 12.2 Å². The Labute approximate surface area is 134 Å². The highest BCUT2D eigenvalue weighted by Crippen LogP contribution is 2.17. The van der Waals surface area contributed by atoms with Crippen LogP contribution in [0.4, 0.5) is 4.39 Å². The normalized spacial score (nSPS) is 15.6. The van der Waals surface area contributed by atoms with E-state index in [-0.39, 0.29) is 30.0 Å². The summed E-state index contributed by atoms with van der Waals surface area (Å²) in [5, 5.41) is 14.0. The van der Waals surface area contributed by atoms with Crippen LogP contribution in [0.5, 0.6) is 0 Å². The van der Waals surface area contributed by atoms with E-state index in [0.29, 0.717) is 11.1 Å². The third-order valence-corrected chi connectivity index (χ3v) is 4.12. The quantitative estimate of drug-likeness (QED) is 0.898. The van der Waals surface area contributed by atoms with Gasteiger partial charge >= 0.3 is 0 Å². The molecule has 0 saturated carbocycles. The van der Waals surface area contributed by atoms with Gasteiger partial charge in [0.25, 0.3) is 5.91 Å². The van der Waals surface area contributed by atoms with Gasteiger partial charge in [0.2, 0.25) is 0 Å². The van der Waals surface area contributed by atoms with Crippen molar-refractivity contribution in [2.24, 2.45) is 0 Å². The Balaban J connectivity index is 1.59. The van der Waals surface area contributed by atoms with Gasteiger partial charge in [-0.25, -0.2) is 9.07 Å². The third kappa shape index (κ3) is 3.73. The first-order chi connectivity index (χ1) is 11.1. The number of rotatable bonds is 4. The SMILES string of the molecule is Cc1ccc(CNC(=O)c2cn(C3CCNCC3)nn2)cc1F. The van der Waals surface area contributed by atoms with Crippen LogP contribution in [0.2, 0.25) is 0 Å². The largest absolute Gasteiger partial charge is 0.347 e. The van der Waals surface area contributed by atoms with Gasteiger partial charge in [-0.2, -0.15) is 0 Å². The molecule has 7 heteroatoms. The molecule has 0 atom stereocenters. The van der Waals surface area contributed by atoms with Crippen LogP contribution in [0, 0.1) is 12.7 Å². The molecule has 2 aromatic rings. The summed E-state index contributed by atoms with van der Waals surface area (Å²) < 4.78 is 15.3. The summed E-state index contributed by atoms with van der Waals surface area (Å²) in [6.45, 7) is 3.86. The monoisotopic (exact) mass is 317 g/mol. The number of carbonyl (C=O) groups is 1. The highest BCUT2D eigenvalue weighted by atomic mass is 19.1.